The monoisotopic (exact) mass is 383 g/mol. The number of hydrogen-bond donors (Lipinski definition) is 1. The first kappa shape index (κ1) is 15.0. The summed E-state index contributed by atoms with van der Waals surface area (Å²) in [6, 6.07) is 6.15. The van der Waals surface area contributed by atoms with Crippen molar-refractivity contribution in [2.45, 2.75) is 19.4 Å². The van der Waals surface area contributed by atoms with Gasteiger partial charge in [0.1, 0.15) is 0 Å². The Hall–Kier alpha value is -0.880. The molecular formula is C15H15BrClN3S. The zero-order valence-electron chi connectivity index (χ0n) is 11.5. The van der Waals surface area contributed by atoms with E-state index < -0.39 is 0 Å². The molecule has 0 amide bonds. The fourth-order valence-electron chi connectivity index (χ4n) is 2.41. The minimum Gasteiger partial charge on any atom is -0.310 e. The quantitative estimate of drug-likeness (QED) is 0.690. The van der Waals surface area contributed by atoms with E-state index in [1.165, 1.54) is 5.56 Å². The Balaban J connectivity index is 1.88. The summed E-state index contributed by atoms with van der Waals surface area (Å²) in [5.74, 6) is 0. The lowest BCUT2D eigenvalue weighted by molar-refractivity contribution is 0.543. The third kappa shape index (κ3) is 3.31. The first-order valence-corrected chi connectivity index (χ1v) is 8.82. The van der Waals surface area contributed by atoms with Crippen LogP contribution in [0, 0.1) is 0 Å². The Bertz CT molecular complexity index is 724. The Morgan fingerprint density at radius 3 is 3.05 bits per heavy atom. The molecule has 0 aliphatic rings. The summed E-state index contributed by atoms with van der Waals surface area (Å²) in [6.07, 6.45) is 4.99. The SMILES string of the molecule is CCNC(Cc1cn2ccsc2n1)c1ccc(Cl)cc1Br. The Morgan fingerprint density at radius 2 is 2.33 bits per heavy atom. The lowest BCUT2D eigenvalue weighted by atomic mass is 10.0. The molecular weight excluding hydrogens is 370 g/mol. The van der Waals surface area contributed by atoms with E-state index in [0.717, 1.165) is 33.1 Å². The number of nitrogens with zero attached hydrogens (tertiary/aromatic N) is 2. The maximum atomic E-state index is 6.03. The highest BCUT2D eigenvalue weighted by Crippen LogP contribution is 2.29. The highest BCUT2D eigenvalue weighted by Gasteiger charge is 2.16. The van der Waals surface area contributed by atoms with Gasteiger partial charge in [-0.3, -0.25) is 4.40 Å². The van der Waals surface area contributed by atoms with E-state index in [0.29, 0.717) is 0 Å². The number of benzene rings is 1. The molecule has 2 aromatic heterocycles. The number of imidazole rings is 1. The summed E-state index contributed by atoms with van der Waals surface area (Å²) < 4.78 is 3.10. The zero-order chi connectivity index (χ0) is 14.8. The highest BCUT2D eigenvalue weighted by molar-refractivity contribution is 9.10. The van der Waals surface area contributed by atoms with Crippen molar-refractivity contribution in [3.05, 3.63) is 56.7 Å². The molecule has 0 bridgehead atoms. The molecule has 1 aromatic carbocycles. The number of rotatable bonds is 5. The van der Waals surface area contributed by atoms with Crippen molar-refractivity contribution >= 4 is 43.8 Å². The van der Waals surface area contributed by atoms with Crippen molar-refractivity contribution in [3.8, 4) is 0 Å². The van der Waals surface area contributed by atoms with Crippen LogP contribution >= 0.6 is 38.9 Å². The Morgan fingerprint density at radius 1 is 1.48 bits per heavy atom. The van der Waals surface area contributed by atoms with Gasteiger partial charge in [0.25, 0.3) is 0 Å². The van der Waals surface area contributed by atoms with Gasteiger partial charge in [-0.1, -0.05) is 40.5 Å². The van der Waals surface area contributed by atoms with E-state index in [4.69, 9.17) is 11.6 Å². The largest absolute Gasteiger partial charge is 0.310 e. The minimum absolute atomic E-state index is 0.214. The maximum Gasteiger partial charge on any atom is 0.193 e. The standard InChI is InChI=1S/C15H15BrClN3S/c1-2-18-14(12-4-3-10(17)7-13(12)16)8-11-9-20-5-6-21-15(20)19-11/h3-7,9,14,18H,2,8H2,1H3. The van der Waals surface area contributed by atoms with Crippen molar-refractivity contribution in [2.75, 3.05) is 6.54 Å². The lowest BCUT2D eigenvalue weighted by Crippen LogP contribution is -2.23. The molecule has 3 rings (SSSR count). The van der Waals surface area contributed by atoms with Crippen LogP contribution in [-0.4, -0.2) is 15.9 Å². The van der Waals surface area contributed by atoms with Crippen LogP contribution < -0.4 is 5.32 Å². The fraction of sp³-hybridized carbons (Fsp3) is 0.267. The third-order valence-corrected chi connectivity index (χ3v) is 5.04. The lowest BCUT2D eigenvalue weighted by Gasteiger charge is -2.19. The van der Waals surface area contributed by atoms with Crippen LogP contribution in [0.15, 0.2) is 40.4 Å². The molecule has 6 heteroatoms. The predicted octanol–water partition coefficient (Wildman–Crippen LogP) is 4.71. The molecule has 110 valence electrons. The van der Waals surface area contributed by atoms with E-state index >= 15 is 0 Å². The van der Waals surface area contributed by atoms with Crippen molar-refractivity contribution in [2.24, 2.45) is 0 Å². The second-order valence-corrected chi connectivity index (χ2v) is 6.97. The van der Waals surface area contributed by atoms with Crippen molar-refractivity contribution in [3.63, 3.8) is 0 Å². The maximum absolute atomic E-state index is 6.03. The van der Waals surface area contributed by atoms with E-state index in [-0.39, 0.29) is 6.04 Å². The molecule has 0 fully saturated rings. The fourth-order valence-corrected chi connectivity index (χ4v) is 4.08. The Labute approximate surface area is 141 Å². The van der Waals surface area contributed by atoms with E-state index in [1.54, 1.807) is 11.3 Å². The van der Waals surface area contributed by atoms with Gasteiger partial charge in [0, 0.05) is 39.7 Å². The van der Waals surface area contributed by atoms with Gasteiger partial charge in [0.05, 0.1) is 5.69 Å². The van der Waals surface area contributed by atoms with Crippen LogP contribution in [0.2, 0.25) is 5.02 Å². The average molecular weight is 385 g/mol. The number of fused-ring (bicyclic) bond motifs is 1. The number of nitrogens with one attached hydrogen (secondary N) is 1. The summed E-state index contributed by atoms with van der Waals surface area (Å²) >= 11 is 11.3. The molecule has 0 aliphatic heterocycles. The number of thiazole rings is 1. The number of halogens is 2. The summed E-state index contributed by atoms with van der Waals surface area (Å²) in [5.41, 5.74) is 2.30. The van der Waals surface area contributed by atoms with Crippen LogP contribution in [-0.2, 0) is 6.42 Å². The van der Waals surface area contributed by atoms with Gasteiger partial charge in [-0.15, -0.1) is 11.3 Å². The van der Waals surface area contributed by atoms with Gasteiger partial charge in [-0.2, -0.15) is 0 Å². The van der Waals surface area contributed by atoms with Crippen LogP contribution in [0.4, 0.5) is 0 Å². The van der Waals surface area contributed by atoms with Crippen LogP contribution in [0.1, 0.15) is 24.2 Å². The summed E-state index contributed by atoms with van der Waals surface area (Å²) in [7, 11) is 0. The van der Waals surface area contributed by atoms with E-state index in [1.807, 2.05) is 23.7 Å². The van der Waals surface area contributed by atoms with Crippen LogP contribution in [0.5, 0.6) is 0 Å². The Kier molecular flexibility index (Phi) is 4.64. The molecule has 0 spiro atoms. The molecule has 1 atom stereocenters. The third-order valence-electron chi connectivity index (χ3n) is 3.34. The summed E-state index contributed by atoms with van der Waals surface area (Å²) in [6.45, 7) is 3.02. The van der Waals surface area contributed by atoms with Gasteiger partial charge >= 0.3 is 0 Å². The number of likely N-dealkylation sites (N-methyl/N-ethyl adjacent to an activating group) is 1. The highest BCUT2D eigenvalue weighted by atomic mass is 79.9. The topological polar surface area (TPSA) is 29.3 Å². The number of aromatic nitrogens is 2. The molecule has 3 aromatic rings. The smallest absolute Gasteiger partial charge is 0.193 e. The first-order chi connectivity index (χ1) is 10.2. The first-order valence-electron chi connectivity index (χ1n) is 6.76. The summed E-state index contributed by atoms with van der Waals surface area (Å²) in [4.78, 5) is 5.71. The zero-order valence-corrected chi connectivity index (χ0v) is 14.7. The van der Waals surface area contributed by atoms with Crippen molar-refractivity contribution < 1.29 is 0 Å². The molecule has 1 N–H and O–H groups in total. The normalized spacial score (nSPS) is 12.9. The second-order valence-electron chi connectivity index (χ2n) is 4.81. The van der Waals surface area contributed by atoms with Crippen LogP contribution in [0.3, 0.4) is 0 Å². The molecule has 0 saturated heterocycles. The van der Waals surface area contributed by atoms with Gasteiger partial charge in [-0.05, 0) is 24.2 Å². The van der Waals surface area contributed by atoms with Gasteiger partial charge in [-0.25, -0.2) is 4.98 Å². The molecule has 21 heavy (non-hydrogen) atoms. The second kappa shape index (κ2) is 6.48. The van der Waals surface area contributed by atoms with E-state index in [2.05, 4.69) is 49.8 Å². The molecule has 0 radical (unpaired) electrons. The molecule has 1 unspecified atom stereocenters. The van der Waals surface area contributed by atoms with Crippen molar-refractivity contribution in [1.82, 2.24) is 14.7 Å². The number of hydrogen-bond acceptors (Lipinski definition) is 3. The van der Waals surface area contributed by atoms with Gasteiger partial charge in [0.2, 0.25) is 0 Å². The molecule has 2 heterocycles. The van der Waals surface area contributed by atoms with E-state index in [9.17, 15) is 0 Å². The average Bonchev–Trinajstić information content (AvgIpc) is 2.99. The molecule has 3 nitrogen and oxygen atoms in total. The van der Waals surface area contributed by atoms with Crippen molar-refractivity contribution in [1.29, 1.82) is 0 Å². The predicted molar refractivity (Wildman–Crippen MR) is 92.3 cm³/mol. The minimum atomic E-state index is 0.214. The van der Waals surface area contributed by atoms with Crippen LogP contribution in [0.25, 0.3) is 4.96 Å². The summed E-state index contributed by atoms with van der Waals surface area (Å²) in [5, 5.41) is 6.31. The van der Waals surface area contributed by atoms with Gasteiger partial charge in [0.15, 0.2) is 4.96 Å². The molecule has 0 saturated carbocycles. The van der Waals surface area contributed by atoms with Gasteiger partial charge < -0.3 is 5.32 Å². The molecule has 0 aliphatic carbocycles.